The Hall–Kier alpha value is -2.84. The van der Waals surface area contributed by atoms with Gasteiger partial charge in [0.25, 0.3) is 5.91 Å². The van der Waals surface area contributed by atoms with Crippen LogP contribution in [0.5, 0.6) is 5.75 Å². The number of allylic oxidation sites excluding steroid dienone is 5. The van der Waals surface area contributed by atoms with Gasteiger partial charge in [0.2, 0.25) is 5.13 Å². The van der Waals surface area contributed by atoms with Crippen molar-refractivity contribution in [1.82, 2.24) is 15.1 Å². The molecule has 0 saturated carbocycles. The average molecular weight is 497 g/mol. The zero-order valence-electron chi connectivity index (χ0n) is 20.0. The standard InChI is InChI=1S/C26H32N4O2S2/c1-20(2)8-7-9-21(3)14-18-32-23-12-10-22(11-13-23)24(31)27-25-28-29-26(34-25)33-19-17-30-15-5-4-6-16-30/h4-6,8,10-15H,7,9,16-19H2,1-3H3,(H,27,28,31)/b21-14+. The van der Waals surface area contributed by atoms with E-state index in [1.165, 1.54) is 22.5 Å². The van der Waals surface area contributed by atoms with Crippen molar-refractivity contribution in [3.8, 4) is 5.75 Å². The monoisotopic (exact) mass is 496 g/mol. The minimum absolute atomic E-state index is 0.209. The van der Waals surface area contributed by atoms with E-state index < -0.39 is 0 Å². The fraction of sp³-hybridized carbons (Fsp3) is 0.346. The van der Waals surface area contributed by atoms with Crippen molar-refractivity contribution in [2.24, 2.45) is 0 Å². The number of hydrogen-bond donors (Lipinski definition) is 1. The number of rotatable bonds is 12. The Morgan fingerprint density at radius 3 is 2.74 bits per heavy atom. The molecule has 1 aromatic carbocycles. The zero-order chi connectivity index (χ0) is 24.2. The Kier molecular flexibility index (Phi) is 10.4. The SMILES string of the molecule is CC(C)=CCC/C(C)=C/COc1ccc(C(=O)Nc2nnc(SCCN3C=CC=CC3)s2)cc1. The van der Waals surface area contributed by atoms with Crippen LogP contribution in [-0.2, 0) is 0 Å². The van der Waals surface area contributed by atoms with Gasteiger partial charge in [0, 0.05) is 24.4 Å². The van der Waals surface area contributed by atoms with Gasteiger partial charge in [-0.15, -0.1) is 10.2 Å². The molecule has 1 aliphatic heterocycles. The highest BCUT2D eigenvalue weighted by Gasteiger charge is 2.11. The number of ether oxygens (including phenoxy) is 1. The minimum Gasteiger partial charge on any atom is -0.490 e. The van der Waals surface area contributed by atoms with Gasteiger partial charge in [-0.25, -0.2) is 0 Å². The average Bonchev–Trinajstić information content (AvgIpc) is 3.27. The molecular weight excluding hydrogens is 464 g/mol. The molecule has 8 heteroatoms. The van der Waals surface area contributed by atoms with Crippen molar-refractivity contribution in [1.29, 1.82) is 0 Å². The Morgan fingerprint density at radius 1 is 1.18 bits per heavy atom. The second kappa shape index (κ2) is 13.8. The predicted octanol–water partition coefficient (Wildman–Crippen LogP) is 6.34. The number of anilines is 1. The summed E-state index contributed by atoms with van der Waals surface area (Å²) in [6.45, 7) is 8.74. The van der Waals surface area contributed by atoms with E-state index in [0.717, 1.165) is 41.8 Å². The largest absolute Gasteiger partial charge is 0.490 e. The molecule has 0 atom stereocenters. The number of nitrogens with zero attached hydrogens (tertiary/aromatic N) is 3. The van der Waals surface area contributed by atoms with Crippen LogP contribution in [0.1, 0.15) is 44.0 Å². The van der Waals surface area contributed by atoms with Crippen LogP contribution >= 0.6 is 23.1 Å². The second-order valence-corrected chi connectivity index (χ2v) is 10.5. The van der Waals surface area contributed by atoms with Crippen LogP contribution in [0.25, 0.3) is 0 Å². The lowest BCUT2D eigenvalue weighted by Gasteiger charge is -2.19. The molecule has 180 valence electrons. The molecule has 0 aliphatic carbocycles. The summed E-state index contributed by atoms with van der Waals surface area (Å²) in [4.78, 5) is 14.8. The number of nitrogens with one attached hydrogen (secondary N) is 1. The summed E-state index contributed by atoms with van der Waals surface area (Å²) < 4.78 is 6.63. The molecule has 34 heavy (non-hydrogen) atoms. The first-order chi connectivity index (χ1) is 16.5. The topological polar surface area (TPSA) is 67.3 Å². The summed E-state index contributed by atoms with van der Waals surface area (Å²) in [5.74, 6) is 1.44. The third kappa shape index (κ3) is 9.19. The number of amides is 1. The van der Waals surface area contributed by atoms with Crippen molar-refractivity contribution in [3.05, 3.63) is 77.6 Å². The van der Waals surface area contributed by atoms with Crippen molar-refractivity contribution in [2.45, 2.75) is 38.0 Å². The molecule has 1 N–H and O–H groups in total. The molecule has 3 rings (SSSR count). The summed E-state index contributed by atoms with van der Waals surface area (Å²) >= 11 is 3.03. The number of hydrogen-bond acceptors (Lipinski definition) is 7. The van der Waals surface area contributed by atoms with Gasteiger partial charge in [-0.05, 0) is 76.2 Å². The first-order valence-electron chi connectivity index (χ1n) is 11.4. The van der Waals surface area contributed by atoms with Gasteiger partial charge in [0.05, 0.1) is 0 Å². The zero-order valence-corrected chi connectivity index (χ0v) is 21.6. The van der Waals surface area contributed by atoms with Crippen molar-refractivity contribution in [2.75, 3.05) is 30.8 Å². The Bertz CT molecular complexity index is 1050. The van der Waals surface area contributed by atoms with E-state index in [9.17, 15) is 4.79 Å². The van der Waals surface area contributed by atoms with E-state index >= 15 is 0 Å². The third-order valence-corrected chi connectivity index (χ3v) is 6.96. The van der Waals surface area contributed by atoms with Crippen molar-refractivity contribution < 1.29 is 9.53 Å². The fourth-order valence-corrected chi connectivity index (χ4v) is 4.88. The first-order valence-corrected chi connectivity index (χ1v) is 13.2. The van der Waals surface area contributed by atoms with Gasteiger partial charge in [0.1, 0.15) is 12.4 Å². The van der Waals surface area contributed by atoms with Crippen LogP contribution in [0, 0.1) is 0 Å². The summed E-state index contributed by atoms with van der Waals surface area (Å²) in [5.41, 5.74) is 3.21. The normalized spacial score (nSPS) is 13.1. The van der Waals surface area contributed by atoms with Crippen LogP contribution in [0.3, 0.4) is 0 Å². The first kappa shape index (κ1) is 25.8. The molecule has 2 heterocycles. The Morgan fingerprint density at radius 2 is 2.00 bits per heavy atom. The number of carbonyl (C=O) groups is 1. The van der Waals surface area contributed by atoms with E-state index in [2.05, 4.69) is 71.7 Å². The summed E-state index contributed by atoms with van der Waals surface area (Å²) in [5, 5.41) is 11.6. The Balaban J connectivity index is 1.40. The van der Waals surface area contributed by atoms with Crippen molar-refractivity contribution >= 4 is 34.1 Å². The fourth-order valence-electron chi connectivity index (χ4n) is 3.08. The highest BCUT2D eigenvalue weighted by molar-refractivity contribution is 8.01. The molecular formula is C26H32N4O2S2. The molecule has 1 amide bonds. The van der Waals surface area contributed by atoms with E-state index in [1.807, 2.05) is 18.2 Å². The molecule has 2 aromatic rings. The van der Waals surface area contributed by atoms with Crippen LogP contribution in [0.15, 0.2) is 76.3 Å². The summed E-state index contributed by atoms with van der Waals surface area (Å²) in [7, 11) is 0. The maximum absolute atomic E-state index is 12.6. The van der Waals surface area contributed by atoms with Crippen LogP contribution < -0.4 is 10.1 Å². The van der Waals surface area contributed by atoms with E-state index in [1.54, 1.807) is 23.9 Å². The Labute approximate surface area is 210 Å². The smallest absolute Gasteiger partial charge is 0.257 e. The van der Waals surface area contributed by atoms with Gasteiger partial charge < -0.3 is 9.64 Å². The molecule has 6 nitrogen and oxygen atoms in total. The maximum Gasteiger partial charge on any atom is 0.257 e. The van der Waals surface area contributed by atoms with Crippen LogP contribution in [-0.4, -0.2) is 46.5 Å². The number of carbonyl (C=O) groups excluding carboxylic acids is 1. The predicted molar refractivity (Wildman–Crippen MR) is 143 cm³/mol. The lowest BCUT2D eigenvalue weighted by atomic mass is 10.1. The molecule has 0 unspecified atom stereocenters. The number of aromatic nitrogens is 2. The molecule has 0 bridgehead atoms. The highest BCUT2D eigenvalue weighted by atomic mass is 32.2. The van der Waals surface area contributed by atoms with E-state index in [-0.39, 0.29) is 5.91 Å². The van der Waals surface area contributed by atoms with Gasteiger partial charge in [-0.1, -0.05) is 52.5 Å². The van der Waals surface area contributed by atoms with Crippen LogP contribution in [0.2, 0.25) is 0 Å². The second-order valence-electron chi connectivity index (χ2n) is 8.15. The van der Waals surface area contributed by atoms with Gasteiger partial charge in [-0.3, -0.25) is 10.1 Å². The van der Waals surface area contributed by atoms with Gasteiger partial charge in [-0.2, -0.15) is 0 Å². The van der Waals surface area contributed by atoms with E-state index in [0.29, 0.717) is 17.3 Å². The molecule has 0 saturated heterocycles. The molecule has 1 aliphatic rings. The lowest BCUT2D eigenvalue weighted by molar-refractivity contribution is 0.102. The maximum atomic E-state index is 12.6. The van der Waals surface area contributed by atoms with Crippen LogP contribution in [0.4, 0.5) is 5.13 Å². The quantitative estimate of drug-likeness (QED) is 0.210. The molecule has 0 spiro atoms. The number of thioether (sulfide) groups is 1. The highest BCUT2D eigenvalue weighted by Crippen LogP contribution is 2.26. The molecule has 0 fully saturated rings. The lowest BCUT2D eigenvalue weighted by Crippen LogP contribution is -2.21. The van der Waals surface area contributed by atoms with Gasteiger partial charge >= 0.3 is 0 Å². The third-order valence-electron chi connectivity index (χ3n) is 5.00. The number of benzene rings is 1. The minimum atomic E-state index is -0.209. The molecule has 0 radical (unpaired) electrons. The summed E-state index contributed by atoms with van der Waals surface area (Å²) in [6.07, 6.45) is 14.8. The summed E-state index contributed by atoms with van der Waals surface area (Å²) in [6, 6.07) is 7.14. The molecule has 1 aromatic heterocycles. The van der Waals surface area contributed by atoms with Crippen molar-refractivity contribution in [3.63, 3.8) is 0 Å². The van der Waals surface area contributed by atoms with Gasteiger partial charge in [0.15, 0.2) is 4.34 Å². The van der Waals surface area contributed by atoms with E-state index in [4.69, 9.17) is 4.74 Å².